The third-order valence-corrected chi connectivity index (χ3v) is 5.55. The van der Waals surface area contributed by atoms with Gasteiger partial charge in [0.2, 0.25) is 10.0 Å². The fraction of sp³-hybridized carbons (Fsp3) is 0.214. The first-order valence-electron chi connectivity index (χ1n) is 6.01. The first-order valence-corrected chi connectivity index (χ1v) is 8.31. The Bertz CT molecular complexity index is 740. The van der Waals surface area contributed by atoms with Crippen LogP contribution >= 0.6 is 11.3 Å². The van der Waals surface area contributed by atoms with Gasteiger partial charge in [-0.3, -0.25) is 0 Å². The molecule has 1 unspecified atom stereocenters. The molecule has 0 amide bonds. The number of rotatable bonds is 4. The van der Waals surface area contributed by atoms with Crippen molar-refractivity contribution in [1.29, 1.82) is 5.26 Å². The third-order valence-electron chi connectivity index (χ3n) is 2.81. The minimum absolute atomic E-state index is 0.164. The molecule has 0 saturated carbocycles. The van der Waals surface area contributed by atoms with Crippen molar-refractivity contribution >= 4 is 21.4 Å². The van der Waals surface area contributed by atoms with Gasteiger partial charge in [-0.25, -0.2) is 13.1 Å². The molecule has 0 spiro atoms. The molecule has 0 radical (unpaired) electrons. The molecule has 0 fully saturated rings. The molecular weight excluding hydrogens is 292 g/mol. The molecule has 0 bridgehead atoms. The fourth-order valence-electron chi connectivity index (χ4n) is 1.75. The zero-order valence-corrected chi connectivity index (χ0v) is 12.8. The maximum absolute atomic E-state index is 12.2. The molecule has 1 N–H and O–H groups in total. The highest BCUT2D eigenvalue weighted by atomic mass is 32.2. The van der Waals surface area contributed by atoms with Gasteiger partial charge in [-0.15, -0.1) is 11.3 Å². The summed E-state index contributed by atoms with van der Waals surface area (Å²) in [5.74, 6) is 0. The average Bonchev–Trinajstić information content (AvgIpc) is 2.85. The highest BCUT2D eigenvalue weighted by Gasteiger charge is 2.19. The van der Waals surface area contributed by atoms with Gasteiger partial charge in [0.15, 0.2) is 0 Å². The van der Waals surface area contributed by atoms with Crippen LogP contribution in [-0.2, 0) is 10.0 Å². The molecule has 0 aliphatic rings. The van der Waals surface area contributed by atoms with Crippen LogP contribution in [0.2, 0.25) is 0 Å². The molecule has 2 rings (SSSR count). The maximum Gasteiger partial charge on any atom is 0.241 e. The summed E-state index contributed by atoms with van der Waals surface area (Å²) in [4.78, 5) is 2.28. The predicted molar refractivity (Wildman–Crippen MR) is 78.9 cm³/mol. The summed E-state index contributed by atoms with van der Waals surface area (Å²) < 4.78 is 27.1. The summed E-state index contributed by atoms with van der Waals surface area (Å²) >= 11 is 1.57. The summed E-state index contributed by atoms with van der Waals surface area (Å²) in [6.45, 7) is 3.79. The number of nitrogens with one attached hydrogen (secondary N) is 1. The Kier molecular flexibility index (Phi) is 4.23. The van der Waals surface area contributed by atoms with E-state index in [0.717, 1.165) is 9.75 Å². The predicted octanol–water partition coefficient (Wildman–Crippen LogP) is 2.97. The van der Waals surface area contributed by atoms with Crippen LogP contribution in [0.3, 0.4) is 0 Å². The van der Waals surface area contributed by atoms with Gasteiger partial charge in [-0.2, -0.15) is 5.26 Å². The summed E-state index contributed by atoms with van der Waals surface area (Å²) in [7, 11) is -3.58. The van der Waals surface area contributed by atoms with E-state index < -0.39 is 10.0 Å². The number of hydrogen-bond acceptors (Lipinski definition) is 4. The van der Waals surface area contributed by atoms with Crippen molar-refractivity contribution < 1.29 is 8.42 Å². The molecule has 1 atom stereocenters. The fourth-order valence-corrected chi connectivity index (χ4v) is 3.93. The standard InChI is InChI=1S/C14H14N2O2S2/c1-10-3-8-14(19-10)11(2)16-20(17,18)13-6-4-12(9-15)5-7-13/h3-8,11,16H,1-2H3. The van der Waals surface area contributed by atoms with Crippen LogP contribution in [0.4, 0.5) is 0 Å². The lowest BCUT2D eigenvalue weighted by molar-refractivity contribution is 0.568. The second-order valence-electron chi connectivity index (χ2n) is 4.43. The summed E-state index contributed by atoms with van der Waals surface area (Å²) in [6.07, 6.45) is 0. The van der Waals surface area contributed by atoms with Crippen molar-refractivity contribution in [2.75, 3.05) is 0 Å². The Balaban J connectivity index is 2.20. The van der Waals surface area contributed by atoms with Crippen molar-refractivity contribution in [2.45, 2.75) is 24.8 Å². The van der Waals surface area contributed by atoms with Crippen LogP contribution in [0.25, 0.3) is 0 Å². The van der Waals surface area contributed by atoms with Crippen LogP contribution < -0.4 is 4.72 Å². The number of thiophene rings is 1. The van der Waals surface area contributed by atoms with E-state index in [2.05, 4.69) is 4.72 Å². The Morgan fingerprint density at radius 3 is 2.35 bits per heavy atom. The molecule has 104 valence electrons. The van der Waals surface area contributed by atoms with Gasteiger partial charge >= 0.3 is 0 Å². The number of nitrogens with zero attached hydrogens (tertiary/aromatic N) is 1. The van der Waals surface area contributed by atoms with Crippen molar-refractivity contribution in [2.24, 2.45) is 0 Å². The van der Waals surface area contributed by atoms with E-state index in [9.17, 15) is 8.42 Å². The minimum atomic E-state index is -3.58. The highest BCUT2D eigenvalue weighted by molar-refractivity contribution is 7.89. The summed E-state index contributed by atoms with van der Waals surface area (Å²) in [6, 6.07) is 11.4. The van der Waals surface area contributed by atoms with E-state index in [1.807, 2.05) is 32.0 Å². The molecule has 0 saturated heterocycles. The topological polar surface area (TPSA) is 70.0 Å². The first kappa shape index (κ1) is 14.7. The largest absolute Gasteiger partial charge is 0.241 e. The monoisotopic (exact) mass is 306 g/mol. The zero-order chi connectivity index (χ0) is 14.8. The molecule has 4 nitrogen and oxygen atoms in total. The normalized spacial score (nSPS) is 12.8. The van der Waals surface area contributed by atoms with E-state index in [1.54, 1.807) is 11.3 Å². The third kappa shape index (κ3) is 3.25. The van der Waals surface area contributed by atoms with Crippen molar-refractivity contribution in [1.82, 2.24) is 4.72 Å². The van der Waals surface area contributed by atoms with E-state index in [-0.39, 0.29) is 10.9 Å². The molecule has 1 aromatic carbocycles. The molecule has 1 heterocycles. The SMILES string of the molecule is Cc1ccc(C(C)NS(=O)(=O)c2ccc(C#N)cc2)s1. The Labute approximate surface area is 122 Å². The van der Waals surface area contributed by atoms with Crippen molar-refractivity contribution in [3.8, 4) is 6.07 Å². The van der Waals surface area contributed by atoms with Crippen LogP contribution in [0.1, 0.15) is 28.3 Å². The van der Waals surface area contributed by atoms with Gasteiger partial charge in [-0.05, 0) is 50.2 Å². The van der Waals surface area contributed by atoms with Crippen LogP contribution in [0, 0.1) is 18.3 Å². The van der Waals surface area contributed by atoms with Crippen LogP contribution in [0.5, 0.6) is 0 Å². The quantitative estimate of drug-likeness (QED) is 0.944. The molecule has 1 aromatic heterocycles. The van der Waals surface area contributed by atoms with E-state index in [0.29, 0.717) is 5.56 Å². The Morgan fingerprint density at radius 2 is 1.85 bits per heavy atom. The number of aryl methyl sites for hydroxylation is 1. The lowest BCUT2D eigenvalue weighted by atomic mass is 10.2. The van der Waals surface area contributed by atoms with Gasteiger partial charge in [0, 0.05) is 9.75 Å². The first-order chi connectivity index (χ1) is 9.42. The molecule has 20 heavy (non-hydrogen) atoms. The van der Waals surface area contributed by atoms with Crippen LogP contribution in [-0.4, -0.2) is 8.42 Å². The number of nitriles is 1. The average molecular weight is 306 g/mol. The van der Waals surface area contributed by atoms with Crippen molar-refractivity contribution in [3.63, 3.8) is 0 Å². The van der Waals surface area contributed by atoms with Gasteiger partial charge in [-0.1, -0.05) is 0 Å². The molecular formula is C14H14N2O2S2. The van der Waals surface area contributed by atoms with E-state index in [4.69, 9.17) is 5.26 Å². The second kappa shape index (κ2) is 5.75. The Hall–Kier alpha value is -1.68. The van der Waals surface area contributed by atoms with E-state index >= 15 is 0 Å². The van der Waals surface area contributed by atoms with E-state index in [1.165, 1.54) is 24.3 Å². The molecule has 6 heteroatoms. The van der Waals surface area contributed by atoms with Crippen LogP contribution in [0.15, 0.2) is 41.3 Å². The lowest BCUT2D eigenvalue weighted by Gasteiger charge is -2.12. The Morgan fingerprint density at radius 1 is 1.20 bits per heavy atom. The molecule has 0 aliphatic carbocycles. The van der Waals surface area contributed by atoms with Crippen molar-refractivity contribution in [3.05, 3.63) is 51.7 Å². The van der Waals surface area contributed by atoms with Gasteiger partial charge in [0.1, 0.15) is 0 Å². The summed E-state index contributed by atoms with van der Waals surface area (Å²) in [5.41, 5.74) is 0.436. The smallest absolute Gasteiger partial charge is 0.207 e. The summed E-state index contributed by atoms with van der Waals surface area (Å²) in [5, 5.41) is 8.71. The molecule has 2 aromatic rings. The second-order valence-corrected chi connectivity index (χ2v) is 7.46. The highest BCUT2D eigenvalue weighted by Crippen LogP contribution is 2.24. The minimum Gasteiger partial charge on any atom is -0.207 e. The van der Waals surface area contributed by atoms with Gasteiger partial charge < -0.3 is 0 Å². The maximum atomic E-state index is 12.2. The number of sulfonamides is 1. The van der Waals surface area contributed by atoms with Gasteiger partial charge in [0.05, 0.1) is 22.6 Å². The number of benzene rings is 1. The number of hydrogen-bond donors (Lipinski definition) is 1. The zero-order valence-electron chi connectivity index (χ0n) is 11.1. The van der Waals surface area contributed by atoms with Gasteiger partial charge in [0.25, 0.3) is 0 Å². The lowest BCUT2D eigenvalue weighted by Crippen LogP contribution is -2.26. The molecule has 0 aliphatic heterocycles.